The number of sulfonamides is 1. The van der Waals surface area contributed by atoms with Gasteiger partial charge in [-0.2, -0.15) is 4.31 Å². The Morgan fingerprint density at radius 1 is 1.52 bits per heavy atom. The lowest BCUT2D eigenvalue weighted by atomic mass is 10.1. The molecule has 1 aromatic rings. The average Bonchev–Trinajstić information content (AvgIpc) is 2.98. The molecule has 9 heteroatoms. The molecule has 23 heavy (non-hydrogen) atoms. The second-order valence-electron chi connectivity index (χ2n) is 5.51. The van der Waals surface area contributed by atoms with Gasteiger partial charge in [0.15, 0.2) is 5.96 Å². The zero-order valence-corrected chi connectivity index (χ0v) is 17.2. The van der Waals surface area contributed by atoms with Gasteiger partial charge in [-0.1, -0.05) is 12.5 Å². The number of guanidine groups is 1. The van der Waals surface area contributed by atoms with Crippen LogP contribution in [-0.2, 0) is 16.4 Å². The Morgan fingerprint density at radius 3 is 2.96 bits per heavy atom. The molecule has 2 rings (SSSR count). The molecule has 0 radical (unpaired) electrons. The summed E-state index contributed by atoms with van der Waals surface area (Å²) in [6.45, 7) is 1.74. The maximum atomic E-state index is 11.8. The van der Waals surface area contributed by atoms with E-state index >= 15 is 0 Å². The maximum absolute atomic E-state index is 11.8. The van der Waals surface area contributed by atoms with Gasteiger partial charge in [0.25, 0.3) is 0 Å². The first-order chi connectivity index (χ1) is 10.5. The molecule has 0 aliphatic carbocycles. The van der Waals surface area contributed by atoms with E-state index in [0.29, 0.717) is 19.0 Å². The average molecular weight is 472 g/mol. The van der Waals surface area contributed by atoms with Gasteiger partial charge < -0.3 is 11.1 Å². The monoisotopic (exact) mass is 472 g/mol. The van der Waals surface area contributed by atoms with E-state index in [2.05, 4.69) is 21.8 Å². The summed E-state index contributed by atoms with van der Waals surface area (Å²) in [5, 5.41) is 5.13. The molecule has 1 aromatic heterocycles. The molecule has 2 heterocycles. The van der Waals surface area contributed by atoms with Gasteiger partial charge in [-0.3, -0.25) is 4.99 Å². The summed E-state index contributed by atoms with van der Waals surface area (Å²) in [5.74, 6) is 0.385. The lowest BCUT2D eigenvalue weighted by Crippen LogP contribution is -2.45. The van der Waals surface area contributed by atoms with E-state index in [1.54, 1.807) is 15.6 Å². The number of aliphatic imine (C=N–C) groups is 1. The molecule has 132 valence electrons. The van der Waals surface area contributed by atoms with Gasteiger partial charge in [-0.15, -0.1) is 35.3 Å². The smallest absolute Gasteiger partial charge is 0.211 e. The molecule has 3 N–H and O–H groups in total. The van der Waals surface area contributed by atoms with E-state index in [0.717, 1.165) is 32.2 Å². The summed E-state index contributed by atoms with van der Waals surface area (Å²) in [6.07, 6.45) is 4.98. The first kappa shape index (κ1) is 20.7. The van der Waals surface area contributed by atoms with E-state index in [-0.39, 0.29) is 30.0 Å². The number of piperidine rings is 1. The number of hydrogen-bond donors (Lipinski definition) is 2. The van der Waals surface area contributed by atoms with Crippen LogP contribution in [-0.4, -0.2) is 50.6 Å². The van der Waals surface area contributed by atoms with E-state index < -0.39 is 10.0 Å². The fourth-order valence-corrected chi connectivity index (χ4v) is 4.50. The summed E-state index contributed by atoms with van der Waals surface area (Å²) in [5.41, 5.74) is 5.86. The Hall–Kier alpha value is -0.390. The van der Waals surface area contributed by atoms with Crippen molar-refractivity contribution in [2.75, 3.05) is 25.9 Å². The molecule has 0 bridgehead atoms. The minimum Gasteiger partial charge on any atom is -0.370 e. The second kappa shape index (κ2) is 9.80. The summed E-state index contributed by atoms with van der Waals surface area (Å²) in [7, 11) is -3.17. The van der Waals surface area contributed by atoms with Gasteiger partial charge in [-0.25, -0.2) is 8.42 Å². The van der Waals surface area contributed by atoms with Gasteiger partial charge >= 0.3 is 0 Å². The zero-order chi connectivity index (χ0) is 16.0. The van der Waals surface area contributed by atoms with Crippen molar-refractivity contribution in [3.05, 3.63) is 22.4 Å². The SMILES string of the molecule is CS(=O)(=O)N1CCCCC1CN=C(N)NCCc1cccs1.I. The summed E-state index contributed by atoms with van der Waals surface area (Å²) >= 11 is 1.72. The van der Waals surface area contributed by atoms with Gasteiger partial charge in [-0.05, 0) is 30.7 Å². The zero-order valence-electron chi connectivity index (χ0n) is 13.3. The molecule has 0 amide bonds. The Bertz CT molecular complexity index is 590. The molecule has 6 nitrogen and oxygen atoms in total. The minimum atomic E-state index is -3.17. The third-order valence-electron chi connectivity index (χ3n) is 3.73. The van der Waals surface area contributed by atoms with Gasteiger partial charge in [0.05, 0.1) is 12.8 Å². The van der Waals surface area contributed by atoms with Gasteiger partial charge in [0.1, 0.15) is 0 Å². The highest BCUT2D eigenvalue weighted by molar-refractivity contribution is 14.0. The van der Waals surface area contributed by atoms with Crippen LogP contribution in [0.3, 0.4) is 0 Å². The van der Waals surface area contributed by atoms with Crippen LogP contribution in [0.5, 0.6) is 0 Å². The van der Waals surface area contributed by atoms with Crippen molar-refractivity contribution >= 4 is 51.3 Å². The number of nitrogens with one attached hydrogen (secondary N) is 1. The number of thiophene rings is 1. The van der Waals surface area contributed by atoms with Crippen LogP contribution in [0.15, 0.2) is 22.5 Å². The van der Waals surface area contributed by atoms with Crippen LogP contribution >= 0.6 is 35.3 Å². The Labute approximate surface area is 159 Å². The maximum Gasteiger partial charge on any atom is 0.211 e. The van der Waals surface area contributed by atoms with Gasteiger partial charge in [0.2, 0.25) is 10.0 Å². The fraction of sp³-hybridized carbons (Fsp3) is 0.643. The fourth-order valence-electron chi connectivity index (χ4n) is 2.62. The standard InChI is InChI=1S/C14H24N4O2S2.HI/c1-22(19,20)18-9-3-2-5-12(18)11-17-14(15)16-8-7-13-6-4-10-21-13;/h4,6,10,12H,2-3,5,7-9,11H2,1H3,(H3,15,16,17);1H. The van der Waals surface area contributed by atoms with Crippen molar-refractivity contribution in [1.82, 2.24) is 9.62 Å². The van der Waals surface area contributed by atoms with Crippen LogP contribution < -0.4 is 11.1 Å². The third kappa shape index (κ3) is 6.94. The number of nitrogens with two attached hydrogens (primary N) is 1. The van der Waals surface area contributed by atoms with E-state index in [1.165, 1.54) is 11.1 Å². The molecule has 1 aliphatic heterocycles. The predicted octanol–water partition coefficient (Wildman–Crippen LogP) is 1.63. The van der Waals surface area contributed by atoms with Crippen molar-refractivity contribution in [1.29, 1.82) is 0 Å². The largest absolute Gasteiger partial charge is 0.370 e. The normalized spacial score (nSPS) is 20.0. The molecule has 1 fully saturated rings. The van der Waals surface area contributed by atoms with Crippen LogP contribution in [0.1, 0.15) is 24.1 Å². The molecule has 1 unspecified atom stereocenters. The van der Waals surface area contributed by atoms with Crippen LogP contribution in [0.2, 0.25) is 0 Å². The summed E-state index contributed by atoms with van der Waals surface area (Å²) in [4.78, 5) is 5.61. The van der Waals surface area contributed by atoms with E-state index in [9.17, 15) is 8.42 Å². The van der Waals surface area contributed by atoms with Crippen LogP contribution in [0.25, 0.3) is 0 Å². The Balaban J connectivity index is 0.00000264. The molecular weight excluding hydrogens is 447 g/mol. The quantitative estimate of drug-likeness (QED) is 0.374. The number of halogens is 1. The first-order valence-electron chi connectivity index (χ1n) is 7.50. The van der Waals surface area contributed by atoms with Crippen LogP contribution in [0, 0.1) is 0 Å². The topological polar surface area (TPSA) is 87.8 Å². The summed E-state index contributed by atoms with van der Waals surface area (Å²) < 4.78 is 25.1. The molecule has 0 aromatic carbocycles. The van der Waals surface area contributed by atoms with E-state index in [4.69, 9.17) is 5.73 Å². The number of rotatable bonds is 6. The first-order valence-corrected chi connectivity index (χ1v) is 10.2. The van der Waals surface area contributed by atoms with Crippen molar-refractivity contribution in [3.8, 4) is 0 Å². The Kier molecular flexibility index (Phi) is 8.80. The molecule has 0 spiro atoms. The van der Waals surface area contributed by atoms with Crippen molar-refractivity contribution < 1.29 is 8.42 Å². The van der Waals surface area contributed by atoms with Gasteiger partial charge in [0, 0.05) is 24.0 Å². The summed E-state index contributed by atoms with van der Waals surface area (Å²) in [6, 6.07) is 4.05. The highest BCUT2D eigenvalue weighted by Crippen LogP contribution is 2.19. The molecule has 0 saturated carbocycles. The number of hydrogen-bond acceptors (Lipinski definition) is 4. The van der Waals surface area contributed by atoms with Crippen molar-refractivity contribution in [2.45, 2.75) is 31.7 Å². The molecule has 1 saturated heterocycles. The molecule has 1 aliphatic rings. The highest BCUT2D eigenvalue weighted by atomic mass is 127. The minimum absolute atomic E-state index is 0. The predicted molar refractivity (Wildman–Crippen MR) is 107 cm³/mol. The molecular formula is C14H25IN4O2S2. The van der Waals surface area contributed by atoms with E-state index in [1.807, 2.05) is 6.07 Å². The van der Waals surface area contributed by atoms with Crippen LogP contribution in [0.4, 0.5) is 0 Å². The van der Waals surface area contributed by atoms with Crippen molar-refractivity contribution in [3.63, 3.8) is 0 Å². The van der Waals surface area contributed by atoms with Crippen molar-refractivity contribution in [2.24, 2.45) is 10.7 Å². The lowest BCUT2D eigenvalue weighted by Gasteiger charge is -2.32. The highest BCUT2D eigenvalue weighted by Gasteiger charge is 2.28. The second-order valence-corrected chi connectivity index (χ2v) is 8.47. The lowest BCUT2D eigenvalue weighted by molar-refractivity contribution is 0.259. The third-order valence-corrected chi connectivity index (χ3v) is 6.00. The number of nitrogens with zero attached hydrogens (tertiary/aromatic N) is 2. The Morgan fingerprint density at radius 2 is 2.30 bits per heavy atom. The molecule has 1 atom stereocenters.